The number of halogens is 2. The van der Waals surface area contributed by atoms with E-state index in [1.54, 1.807) is 0 Å². The van der Waals surface area contributed by atoms with E-state index in [1.807, 2.05) is 24.8 Å². The minimum Gasteiger partial charge on any atom is -0.264 e. The van der Waals surface area contributed by atoms with E-state index in [2.05, 4.69) is 115 Å². The molecule has 4 aromatic rings. The molecule has 0 aliphatic heterocycles. The molecule has 0 fully saturated rings. The van der Waals surface area contributed by atoms with Gasteiger partial charge in [0.1, 0.15) is 0 Å². The molecule has 0 saturated heterocycles. The third-order valence-corrected chi connectivity index (χ3v) is 11.6. The molecule has 0 atom stereocenters. The summed E-state index contributed by atoms with van der Waals surface area (Å²) in [6, 6.07) is 25.8. The van der Waals surface area contributed by atoms with Crippen molar-refractivity contribution in [2.45, 2.75) is 0 Å². The van der Waals surface area contributed by atoms with Gasteiger partial charge in [-0.3, -0.25) is 9.97 Å². The Hall–Kier alpha value is -2.08. The van der Waals surface area contributed by atoms with Crippen molar-refractivity contribution < 1.29 is 0 Å². The molecule has 5 heteroatoms. The lowest BCUT2D eigenvalue weighted by molar-refractivity contribution is 1.31. The molecular weight excluding hydrogens is 480 g/mol. The number of rotatable bonds is 4. The Morgan fingerprint density at radius 1 is 0.556 bits per heavy atom. The highest BCUT2D eigenvalue weighted by molar-refractivity contribution is 9.11. The molecule has 2 nitrogen and oxygen atoms in total. The summed E-state index contributed by atoms with van der Waals surface area (Å²) in [4.78, 5) is 8.63. The molecule has 0 amide bonds. The minimum absolute atomic E-state index is 1.02. The average molecular weight is 496 g/mol. The van der Waals surface area contributed by atoms with Gasteiger partial charge in [-0.15, -0.1) is 0 Å². The predicted molar refractivity (Wildman–Crippen MR) is 121 cm³/mol. The van der Waals surface area contributed by atoms with Gasteiger partial charge in [-0.2, -0.15) is 0 Å². The number of pyridine rings is 2. The Balaban J connectivity index is 2.20. The van der Waals surface area contributed by atoms with Crippen LogP contribution in [0, 0.1) is 0 Å². The van der Waals surface area contributed by atoms with Crippen molar-refractivity contribution in [1.29, 1.82) is 0 Å². The van der Waals surface area contributed by atoms with Gasteiger partial charge in [0.2, 0.25) is 0 Å². The van der Waals surface area contributed by atoms with Gasteiger partial charge >= 0.3 is 0 Å². The number of hydrogen-bond acceptors (Lipinski definition) is 2. The lowest BCUT2D eigenvalue weighted by Crippen LogP contribution is -2.75. The first-order chi connectivity index (χ1) is 13.2. The Morgan fingerprint density at radius 2 is 0.963 bits per heavy atom. The summed E-state index contributed by atoms with van der Waals surface area (Å²) in [7, 11) is -2.56. The van der Waals surface area contributed by atoms with Crippen molar-refractivity contribution in [3.63, 3.8) is 0 Å². The van der Waals surface area contributed by atoms with E-state index >= 15 is 0 Å². The number of aromatic nitrogens is 2. The van der Waals surface area contributed by atoms with Crippen molar-refractivity contribution in [2.24, 2.45) is 0 Å². The first-order valence-corrected chi connectivity index (χ1v) is 12.1. The van der Waals surface area contributed by atoms with Crippen LogP contribution < -0.4 is 20.7 Å². The van der Waals surface area contributed by atoms with Crippen LogP contribution in [0.1, 0.15) is 0 Å². The zero-order valence-corrected chi connectivity index (χ0v) is 18.6. The molecule has 132 valence electrons. The fraction of sp³-hybridized carbons (Fsp3) is 0. The first-order valence-electron chi connectivity index (χ1n) is 8.55. The Kier molecular flexibility index (Phi) is 5.34. The van der Waals surface area contributed by atoms with Gasteiger partial charge in [0.25, 0.3) is 0 Å². The smallest absolute Gasteiger partial charge is 0.182 e. The zero-order valence-electron chi connectivity index (χ0n) is 14.4. The van der Waals surface area contributed by atoms with E-state index in [9.17, 15) is 0 Å². The van der Waals surface area contributed by atoms with E-state index in [4.69, 9.17) is 0 Å². The molecular formula is C22H16Br2N2Si. The molecule has 0 spiro atoms. The van der Waals surface area contributed by atoms with Crippen LogP contribution >= 0.6 is 31.9 Å². The number of nitrogens with zero attached hydrogens (tertiary/aromatic N) is 2. The van der Waals surface area contributed by atoms with Gasteiger partial charge in [-0.25, -0.2) is 0 Å². The first kappa shape index (κ1) is 18.3. The van der Waals surface area contributed by atoms with Crippen LogP contribution in [-0.4, -0.2) is 18.0 Å². The molecule has 0 N–H and O–H groups in total. The van der Waals surface area contributed by atoms with Crippen molar-refractivity contribution >= 4 is 60.7 Å². The van der Waals surface area contributed by atoms with Crippen molar-refractivity contribution in [2.75, 3.05) is 0 Å². The summed E-state index contributed by atoms with van der Waals surface area (Å²) >= 11 is 7.58. The lowest BCUT2D eigenvalue weighted by atomic mass is 10.4. The quantitative estimate of drug-likeness (QED) is 0.405. The third kappa shape index (κ3) is 3.20. The third-order valence-electron chi connectivity index (χ3n) is 4.77. The highest BCUT2D eigenvalue weighted by Crippen LogP contribution is 2.18. The second kappa shape index (κ2) is 7.88. The summed E-state index contributed by atoms with van der Waals surface area (Å²) in [5.41, 5.74) is 0. The van der Waals surface area contributed by atoms with Crippen molar-refractivity contribution in [1.82, 2.24) is 9.97 Å². The van der Waals surface area contributed by atoms with E-state index in [0.29, 0.717) is 0 Å². The van der Waals surface area contributed by atoms with Gasteiger partial charge in [0, 0.05) is 33.7 Å². The molecule has 4 rings (SSSR count). The normalized spacial score (nSPS) is 11.3. The molecule has 0 radical (unpaired) electrons. The van der Waals surface area contributed by atoms with E-state index < -0.39 is 8.07 Å². The SMILES string of the molecule is Brc1cnccc1[Si](c1ccccc1)(c1ccccc1)c1ccncc1Br. The molecule has 2 aromatic carbocycles. The van der Waals surface area contributed by atoms with Crippen LogP contribution in [0.15, 0.2) is 107 Å². The minimum atomic E-state index is -2.56. The summed E-state index contributed by atoms with van der Waals surface area (Å²) in [6.07, 6.45) is 7.53. The fourth-order valence-electron chi connectivity index (χ4n) is 3.67. The summed E-state index contributed by atoms with van der Waals surface area (Å²) in [5.74, 6) is 0. The molecule has 0 saturated carbocycles. The van der Waals surface area contributed by atoms with Gasteiger partial charge in [0.15, 0.2) is 8.07 Å². The van der Waals surface area contributed by atoms with Crippen LogP contribution in [0.3, 0.4) is 0 Å². The van der Waals surface area contributed by atoms with Crippen LogP contribution in [-0.2, 0) is 0 Å². The monoisotopic (exact) mass is 494 g/mol. The molecule has 2 heterocycles. The number of hydrogen-bond donors (Lipinski definition) is 0. The second-order valence-corrected chi connectivity index (χ2v) is 11.6. The maximum Gasteiger partial charge on any atom is 0.182 e. The Morgan fingerprint density at radius 3 is 1.33 bits per heavy atom. The van der Waals surface area contributed by atoms with Gasteiger partial charge in [0.05, 0.1) is 0 Å². The van der Waals surface area contributed by atoms with Crippen LogP contribution in [0.4, 0.5) is 0 Å². The van der Waals surface area contributed by atoms with Gasteiger partial charge in [-0.1, -0.05) is 60.7 Å². The summed E-state index contributed by atoms with van der Waals surface area (Å²) < 4.78 is 2.04. The molecule has 0 unspecified atom stereocenters. The number of benzene rings is 2. The van der Waals surface area contributed by atoms with Crippen molar-refractivity contribution in [3.8, 4) is 0 Å². The molecule has 0 aliphatic rings. The van der Waals surface area contributed by atoms with E-state index in [0.717, 1.165) is 8.95 Å². The largest absolute Gasteiger partial charge is 0.264 e. The van der Waals surface area contributed by atoms with Crippen LogP contribution in [0.25, 0.3) is 0 Å². The second-order valence-electron chi connectivity index (χ2n) is 6.19. The molecule has 27 heavy (non-hydrogen) atoms. The van der Waals surface area contributed by atoms with E-state index in [-0.39, 0.29) is 0 Å². The molecule has 0 aliphatic carbocycles. The van der Waals surface area contributed by atoms with Crippen LogP contribution in [0.2, 0.25) is 0 Å². The summed E-state index contributed by atoms with van der Waals surface area (Å²) in [6.45, 7) is 0. The lowest BCUT2D eigenvalue weighted by Gasteiger charge is -2.35. The van der Waals surface area contributed by atoms with E-state index in [1.165, 1.54) is 20.7 Å². The maximum atomic E-state index is 4.31. The predicted octanol–water partition coefficient (Wildman–Crippen LogP) is 3.38. The topological polar surface area (TPSA) is 25.8 Å². The highest BCUT2D eigenvalue weighted by atomic mass is 79.9. The summed E-state index contributed by atoms with van der Waals surface area (Å²) in [5, 5.41) is 5.16. The Labute approximate surface area is 176 Å². The van der Waals surface area contributed by atoms with Gasteiger partial charge in [-0.05, 0) is 64.7 Å². The highest BCUT2D eigenvalue weighted by Gasteiger charge is 2.43. The van der Waals surface area contributed by atoms with Crippen molar-refractivity contribution in [3.05, 3.63) is 107 Å². The zero-order chi connectivity index (χ0) is 18.7. The van der Waals surface area contributed by atoms with Crippen LogP contribution in [0.5, 0.6) is 0 Å². The van der Waals surface area contributed by atoms with Gasteiger partial charge < -0.3 is 0 Å². The standard InChI is InChI=1S/C22H16Br2N2Si/c23-19-15-25-13-11-21(19)27(17-7-3-1-4-8-17,18-9-5-2-6-10-18)22-12-14-26-16-20(22)24/h1-16H. The average Bonchev–Trinajstić information content (AvgIpc) is 2.73. The maximum absolute atomic E-state index is 4.31. The molecule has 0 bridgehead atoms. The fourth-order valence-corrected chi connectivity index (χ4v) is 10.7. The Bertz CT molecular complexity index is 969. The molecule has 2 aromatic heterocycles.